The Kier molecular flexibility index (Phi) is 3.19. The van der Waals surface area contributed by atoms with Crippen molar-refractivity contribution < 1.29 is 9.90 Å². The zero-order chi connectivity index (χ0) is 11.5. The van der Waals surface area contributed by atoms with Crippen molar-refractivity contribution in [1.82, 2.24) is 19.9 Å². The van der Waals surface area contributed by atoms with Gasteiger partial charge in [-0.05, 0) is 0 Å². The zero-order valence-corrected chi connectivity index (χ0v) is 9.33. The van der Waals surface area contributed by atoms with Crippen LogP contribution in [-0.4, -0.2) is 44.0 Å². The van der Waals surface area contributed by atoms with Crippen LogP contribution < -0.4 is 0 Å². The van der Waals surface area contributed by atoms with Gasteiger partial charge >= 0.3 is 0 Å². The van der Waals surface area contributed by atoms with Gasteiger partial charge in [0.2, 0.25) is 5.91 Å². The Balaban J connectivity index is 1.79. The third-order valence-electron chi connectivity index (χ3n) is 2.81. The van der Waals surface area contributed by atoms with Gasteiger partial charge in [0.25, 0.3) is 0 Å². The van der Waals surface area contributed by atoms with Crippen molar-refractivity contribution in [1.29, 1.82) is 0 Å². The van der Waals surface area contributed by atoms with Crippen LogP contribution in [0.2, 0.25) is 0 Å². The molecule has 1 aromatic heterocycles. The van der Waals surface area contributed by atoms with E-state index >= 15 is 0 Å². The molecule has 1 amide bonds. The molecule has 16 heavy (non-hydrogen) atoms. The molecular formula is C10H16N4O2. The lowest BCUT2D eigenvalue weighted by atomic mass is 10.00. The highest BCUT2D eigenvalue weighted by Crippen LogP contribution is 2.18. The maximum atomic E-state index is 11.3. The van der Waals surface area contributed by atoms with Gasteiger partial charge in [-0.15, -0.1) is 5.10 Å². The van der Waals surface area contributed by atoms with E-state index in [9.17, 15) is 4.79 Å². The van der Waals surface area contributed by atoms with Crippen molar-refractivity contribution in [3.63, 3.8) is 0 Å². The second-order valence-corrected chi connectivity index (χ2v) is 4.11. The Morgan fingerprint density at radius 2 is 2.38 bits per heavy atom. The number of aliphatic hydroxyl groups is 1. The quantitative estimate of drug-likeness (QED) is 0.758. The molecule has 0 bridgehead atoms. The van der Waals surface area contributed by atoms with Crippen molar-refractivity contribution in [2.45, 2.75) is 26.5 Å². The summed E-state index contributed by atoms with van der Waals surface area (Å²) in [7, 11) is 0. The number of rotatable bonds is 4. The lowest BCUT2D eigenvalue weighted by Crippen LogP contribution is -2.51. The summed E-state index contributed by atoms with van der Waals surface area (Å²) >= 11 is 0. The first-order chi connectivity index (χ1) is 7.72. The van der Waals surface area contributed by atoms with E-state index in [1.165, 1.54) is 0 Å². The third-order valence-corrected chi connectivity index (χ3v) is 2.81. The van der Waals surface area contributed by atoms with Gasteiger partial charge in [0.15, 0.2) is 0 Å². The molecule has 1 aliphatic rings. The minimum atomic E-state index is -0.0783. The zero-order valence-electron chi connectivity index (χ0n) is 9.33. The Hall–Kier alpha value is -1.43. The minimum Gasteiger partial charge on any atom is -0.390 e. The molecule has 1 fully saturated rings. The van der Waals surface area contributed by atoms with E-state index in [1.807, 2.05) is 11.8 Å². The first-order valence-corrected chi connectivity index (χ1v) is 5.50. The number of hydrogen-bond donors (Lipinski definition) is 1. The predicted octanol–water partition coefficient (Wildman–Crippen LogP) is -0.361. The van der Waals surface area contributed by atoms with Gasteiger partial charge in [-0.3, -0.25) is 9.48 Å². The summed E-state index contributed by atoms with van der Waals surface area (Å²) in [5.41, 5.74) is 0.584. The number of carbonyl (C=O) groups is 1. The number of likely N-dealkylation sites (tertiary alicyclic amines) is 1. The first-order valence-electron chi connectivity index (χ1n) is 5.50. The maximum absolute atomic E-state index is 11.3. The molecule has 6 nitrogen and oxygen atoms in total. The van der Waals surface area contributed by atoms with Gasteiger partial charge in [0, 0.05) is 32.0 Å². The average Bonchev–Trinajstić information content (AvgIpc) is 2.69. The van der Waals surface area contributed by atoms with Crippen LogP contribution in [0.1, 0.15) is 19.0 Å². The molecule has 2 heterocycles. The molecule has 1 aromatic rings. The highest BCUT2D eigenvalue weighted by molar-refractivity contribution is 5.76. The van der Waals surface area contributed by atoms with E-state index in [1.54, 1.807) is 10.9 Å². The molecule has 88 valence electrons. The van der Waals surface area contributed by atoms with Crippen molar-refractivity contribution in [2.75, 3.05) is 13.1 Å². The molecule has 0 unspecified atom stereocenters. The average molecular weight is 224 g/mol. The van der Waals surface area contributed by atoms with Gasteiger partial charge < -0.3 is 10.0 Å². The minimum absolute atomic E-state index is 0.0783. The molecule has 0 saturated carbocycles. The molecule has 1 saturated heterocycles. The molecule has 2 rings (SSSR count). The second-order valence-electron chi connectivity index (χ2n) is 4.11. The van der Waals surface area contributed by atoms with Crippen molar-refractivity contribution >= 4 is 5.91 Å². The Bertz CT molecular complexity index is 371. The second kappa shape index (κ2) is 4.61. The van der Waals surface area contributed by atoms with Crippen molar-refractivity contribution in [3.8, 4) is 0 Å². The van der Waals surface area contributed by atoms with E-state index in [0.29, 0.717) is 18.0 Å². The van der Waals surface area contributed by atoms with Gasteiger partial charge in [0.05, 0.1) is 12.8 Å². The van der Waals surface area contributed by atoms with Crippen LogP contribution in [0.5, 0.6) is 0 Å². The van der Waals surface area contributed by atoms with E-state index < -0.39 is 0 Å². The number of aromatic nitrogens is 3. The van der Waals surface area contributed by atoms with E-state index in [4.69, 9.17) is 5.11 Å². The molecule has 0 atom stereocenters. The van der Waals surface area contributed by atoms with E-state index in [-0.39, 0.29) is 12.5 Å². The third kappa shape index (κ3) is 2.21. The molecule has 0 radical (unpaired) electrons. The Morgan fingerprint density at radius 3 is 2.94 bits per heavy atom. The number of carbonyl (C=O) groups excluding carboxylic acids is 1. The molecule has 0 aliphatic carbocycles. The summed E-state index contributed by atoms with van der Waals surface area (Å²) in [4.78, 5) is 13.2. The number of hydrogen-bond acceptors (Lipinski definition) is 4. The fraction of sp³-hybridized carbons (Fsp3) is 0.700. The van der Waals surface area contributed by atoms with Crippen LogP contribution >= 0.6 is 0 Å². The first kappa shape index (κ1) is 11.1. The van der Waals surface area contributed by atoms with E-state index in [2.05, 4.69) is 10.3 Å². The molecule has 0 aromatic carbocycles. The maximum Gasteiger partial charge on any atom is 0.222 e. The van der Waals surface area contributed by atoms with Crippen LogP contribution in [0, 0.1) is 5.92 Å². The molecule has 0 spiro atoms. The van der Waals surface area contributed by atoms with E-state index in [0.717, 1.165) is 19.6 Å². The summed E-state index contributed by atoms with van der Waals surface area (Å²) < 4.78 is 1.73. The topological polar surface area (TPSA) is 71.2 Å². The molecule has 1 aliphatic heterocycles. The molecule has 6 heteroatoms. The summed E-state index contributed by atoms with van der Waals surface area (Å²) in [6, 6.07) is 0. The largest absolute Gasteiger partial charge is 0.390 e. The summed E-state index contributed by atoms with van der Waals surface area (Å²) in [6.07, 6.45) is 2.31. The van der Waals surface area contributed by atoms with Gasteiger partial charge in [0.1, 0.15) is 5.69 Å². The molecule has 1 N–H and O–H groups in total. The summed E-state index contributed by atoms with van der Waals surface area (Å²) in [6.45, 7) is 4.17. The van der Waals surface area contributed by atoms with Gasteiger partial charge in [-0.1, -0.05) is 12.1 Å². The number of aliphatic hydroxyl groups excluding tert-OH is 1. The number of nitrogens with zero attached hydrogens (tertiary/aromatic N) is 4. The monoisotopic (exact) mass is 224 g/mol. The van der Waals surface area contributed by atoms with Crippen LogP contribution in [0.3, 0.4) is 0 Å². The molecular weight excluding hydrogens is 208 g/mol. The predicted molar refractivity (Wildman–Crippen MR) is 56.3 cm³/mol. The van der Waals surface area contributed by atoms with Crippen LogP contribution in [-0.2, 0) is 17.9 Å². The summed E-state index contributed by atoms with van der Waals surface area (Å²) in [5.74, 6) is 0.676. The number of amides is 1. The summed E-state index contributed by atoms with van der Waals surface area (Å²) in [5, 5.41) is 16.5. The lowest BCUT2D eigenvalue weighted by Gasteiger charge is -2.39. The lowest BCUT2D eigenvalue weighted by molar-refractivity contribution is -0.137. The fourth-order valence-corrected chi connectivity index (χ4v) is 1.88. The smallest absolute Gasteiger partial charge is 0.222 e. The Morgan fingerprint density at radius 1 is 1.62 bits per heavy atom. The normalized spacial score (nSPS) is 16.2. The van der Waals surface area contributed by atoms with Gasteiger partial charge in [-0.25, -0.2) is 0 Å². The van der Waals surface area contributed by atoms with Crippen LogP contribution in [0.4, 0.5) is 0 Å². The van der Waals surface area contributed by atoms with Crippen molar-refractivity contribution in [2.24, 2.45) is 5.92 Å². The van der Waals surface area contributed by atoms with Crippen LogP contribution in [0.15, 0.2) is 6.20 Å². The van der Waals surface area contributed by atoms with Crippen LogP contribution in [0.25, 0.3) is 0 Å². The fourth-order valence-electron chi connectivity index (χ4n) is 1.88. The SMILES string of the molecule is CCC(=O)N1CC(Cn2cc(CO)nn2)C1. The Labute approximate surface area is 93.9 Å². The van der Waals surface area contributed by atoms with Crippen molar-refractivity contribution in [3.05, 3.63) is 11.9 Å². The van der Waals surface area contributed by atoms with Gasteiger partial charge in [-0.2, -0.15) is 0 Å². The standard InChI is InChI=1S/C10H16N4O2/c1-2-10(16)13-3-8(4-13)5-14-6-9(7-15)11-12-14/h6,8,15H,2-5,7H2,1H3. The highest BCUT2D eigenvalue weighted by atomic mass is 16.3. The highest BCUT2D eigenvalue weighted by Gasteiger charge is 2.29.